The molecule has 0 aliphatic heterocycles. The summed E-state index contributed by atoms with van der Waals surface area (Å²) in [4.78, 5) is -0.446. The lowest BCUT2D eigenvalue weighted by Gasteiger charge is -2.13. The van der Waals surface area contributed by atoms with Gasteiger partial charge < -0.3 is 0 Å². The highest BCUT2D eigenvalue weighted by atomic mass is 79.9. The average Bonchev–Trinajstić information content (AvgIpc) is 2.33. The van der Waals surface area contributed by atoms with E-state index in [-0.39, 0.29) is 5.82 Å². The van der Waals surface area contributed by atoms with Gasteiger partial charge in [0.2, 0.25) is 0 Å². The second-order valence-corrected chi connectivity index (χ2v) is 5.88. The fourth-order valence-electron chi connectivity index (χ4n) is 1.58. The summed E-state index contributed by atoms with van der Waals surface area (Å²) >= 11 is 12.4. The molecule has 0 aliphatic carbocycles. The van der Waals surface area contributed by atoms with E-state index in [4.69, 9.17) is 11.6 Å². The lowest BCUT2D eigenvalue weighted by Crippen LogP contribution is -1.97. The van der Waals surface area contributed by atoms with Crippen molar-refractivity contribution in [3.05, 3.63) is 68.7 Å². The van der Waals surface area contributed by atoms with Gasteiger partial charge in [-0.1, -0.05) is 39.7 Å². The second-order valence-electron chi connectivity index (χ2n) is 3.71. The van der Waals surface area contributed by atoms with Crippen LogP contribution in [0.2, 0.25) is 5.02 Å². The third-order valence-electron chi connectivity index (χ3n) is 2.45. The van der Waals surface area contributed by atoms with Gasteiger partial charge in [0.15, 0.2) is 0 Å². The van der Waals surface area contributed by atoms with Gasteiger partial charge in [-0.15, -0.1) is 0 Å². The van der Waals surface area contributed by atoms with Gasteiger partial charge in [0.05, 0.1) is 9.85 Å². The van der Waals surface area contributed by atoms with Crippen molar-refractivity contribution in [2.45, 2.75) is 4.83 Å². The first-order chi connectivity index (χ1) is 8.49. The topological polar surface area (TPSA) is 0 Å². The Hall–Kier alpha value is -0.450. The highest BCUT2D eigenvalue weighted by Gasteiger charge is 2.17. The molecule has 0 fully saturated rings. The number of hydrogen-bond acceptors (Lipinski definition) is 0. The van der Waals surface area contributed by atoms with Crippen LogP contribution in [0.25, 0.3) is 0 Å². The Bertz CT molecular complexity index is 587. The van der Waals surface area contributed by atoms with Crippen LogP contribution >= 0.6 is 43.5 Å². The Labute approximate surface area is 125 Å². The van der Waals surface area contributed by atoms with Crippen molar-refractivity contribution in [3.8, 4) is 0 Å². The second kappa shape index (κ2) is 5.68. The Morgan fingerprint density at radius 1 is 1.11 bits per heavy atom. The molecule has 2 rings (SSSR count). The molecule has 1 unspecified atom stereocenters. The molecule has 2 aromatic rings. The highest BCUT2D eigenvalue weighted by Crippen LogP contribution is 2.36. The molecule has 0 bridgehead atoms. The van der Waals surface area contributed by atoms with Crippen LogP contribution in [0.5, 0.6) is 0 Å². The van der Waals surface area contributed by atoms with Gasteiger partial charge in [-0.3, -0.25) is 0 Å². The minimum atomic E-state index is -0.446. The van der Waals surface area contributed by atoms with Crippen LogP contribution in [0.3, 0.4) is 0 Å². The maximum atomic E-state index is 13.9. The Morgan fingerprint density at radius 3 is 2.50 bits per heavy atom. The zero-order valence-corrected chi connectivity index (χ0v) is 12.9. The predicted octanol–water partition coefficient (Wildman–Crippen LogP) is 5.87. The Balaban J connectivity index is 2.46. The monoisotopic (exact) mass is 394 g/mol. The predicted molar refractivity (Wildman–Crippen MR) is 76.3 cm³/mol. The minimum Gasteiger partial charge on any atom is -0.207 e. The van der Waals surface area contributed by atoms with Gasteiger partial charge in [0.25, 0.3) is 0 Å². The first-order valence-electron chi connectivity index (χ1n) is 5.03. The number of rotatable bonds is 2. The van der Waals surface area contributed by atoms with E-state index in [9.17, 15) is 8.78 Å². The summed E-state index contributed by atoms with van der Waals surface area (Å²) in [6, 6.07) is 8.81. The quantitative estimate of drug-likeness (QED) is 0.440. The summed E-state index contributed by atoms with van der Waals surface area (Å²) in [5.74, 6) is -0.766. The molecule has 0 radical (unpaired) electrons. The molecular weight excluding hydrogens is 389 g/mol. The molecule has 2 aromatic carbocycles. The fourth-order valence-corrected chi connectivity index (χ4v) is 2.70. The molecule has 5 heteroatoms. The highest BCUT2D eigenvalue weighted by molar-refractivity contribution is 9.10. The third-order valence-corrected chi connectivity index (χ3v) is 4.67. The first-order valence-corrected chi connectivity index (χ1v) is 7.11. The SMILES string of the molecule is Fc1cccc(C(Br)c2cc(Cl)c(Br)cc2F)c1. The van der Waals surface area contributed by atoms with Crippen molar-refractivity contribution in [2.24, 2.45) is 0 Å². The zero-order valence-electron chi connectivity index (χ0n) is 8.93. The number of benzene rings is 2. The molecule has 0 nitrogen and oxygen atoms in total. The van der Waals surface area contributed by atoms with Gasteiger partial charge >= 0.3 is 0 Å². The van der Waals surface area contributed by atoms with Gasteiger partial charge in [0.1, 0.15) is 11.6 Å². The van der Waals surface area contributed by atoms with E-state index in [0.717, 1.165) is 0 Å². The summed E-state index contributed by atoms with van der Waals surface area (Å²) in [6.07, 6.45) is 0. The number of hydrogen-bond donors (Lipinski definition) is 0. The lowest BCUT2D eigenvalue weighted by molar-refractivity contribution is 0.610. The Morgan fingerprint density at radius 2 is 1.83 bits per heavy atom. The average molecular weight is 396 g/mol. The van der Waals surface area contributed by atoms with Crippen molar-refractivity contribution < 1.29 is 8.78 Å². The van der Waals surface area contributed by atoms with Crippen LogP contribution in [0.1, 0.15) is 16.0 Å². The van der Waals surface area contributed by atoms with E-state index in [1.54, 1.807) is 12.1 Å². The van der Waals surface area contributed by atoms with Crippen LogP contribution in [0.15, 0.2) is 40.9 Å². The molecule has 0 saturated heterocycles. The third kappa shape index (κ3) is 2.92. The summed E-state index contributed by atoms with van der Waals surface area (Å²) in [6.45, 7) is 0. The molecule has 0 aliphatic rings. The summed E-state index contributed by atoms with van der Waals surface area (Å²) in [5, 5.41) is 0.409. The Kier molecular flexibility index (Phi) is 4.41. The molecule has 0 N–H and O–H groups in total. The summed E-state index contributed by atoms with van der Waals surface area (Å²) < 4.78 is 27.5. The van der Waals surface area contributed by atoms with Gasteiger partial charge in [0, 0.05) is 10.0 Å². The van der Waals surface area contributed by atoms with Crippen LogP contribution in [-0.4, -0.2) is 0 Å². The first kappa shape index (κ1) is 14.0. The maximum absolute atomic E-state index is 13.9. The van der Waals surface area contributed by atoms with Crippen LogP contribution in [0.4, 0.5) is 8.78 Å². The molecular formula is C13H7Br2ClF2. The van der Waals surface area contributed by atoms with Crippen molar-refractivity contribution in [3.63, 3.8) is 0 Å². The lowest BCUT2D eigenvalue weighted by atomic mass is 10.0. The molecule has 94 valence electrons. The van der Waals surface area contributed by atoms with E-state index in [0.29, 0.717) is 20.6 Å². The fraction of sp³-hybridized carbons (Fsp3) is 0.0769. The number of halogens is 5. The van der Waals surface area contributed by atoms with Crippen LogP contribution < -0.4 is 0 Å². The van der Waals surface area contributed by atoms with E-state index in [1.165, 1.54) is 24.3 Å². The normalized spacial score (nSPS) is 12.5. The van der Waals surface area contributed by atoms with E-state index >= 15 is 0 Å². The van der Waals surface area contributed by atoms with E-state index in [2.05, 4.69) is 31.9 Å². The maximum Gasteiger partial charge on any atom is 0.129 e. The molecule has 0 aromatic heterocycles. The zero-order chi connectivity index (χ0) is 13.3. The van der Waals surface area contributed by atoms with Gasteiger partial charge in [-0.2, -0.15) is 0 Å². The van der Waals surface area contributed by atoms with Gasteiger partial charge in [-0.25, -0.2) is 8.78 Å². The van der Waals surface area contributed by atoms with Crippen LogP contribution in [0, 0.1) is 11.6 Å². The molecule has 0 saturated carbocycles. The van der Waals surface area contributed by atoms with Crippen molar-refractivity contribution >= 4 is 43.5 Å². The standard InChI is InChI=1S/C13H7Br2ClF2/c14-10-6-12(18)9(5-11(10)16)13(15)7-2-1-3-8(17)4-7/h1-6,13H. The molecule has 0 spiro atoms. The van der Waals surface area contributed by atoms with Gasteiger partial charge in [-0.05, 0) is 45.8 Å². The van der Waals surface area contributed by atoms with Crippen molar-refractivity contribution in [2.75, 3.05) is 0 Å². The minimum absolute atomic E-state index is 0.361. The molecule has 0 heterocycles. The number of alkyl halides is 1. The molecule has 0 amide bonds. The molecule has 18 heavy (non-hydrogen) atoms. The summed E-state index contributed by atoms with van der Waals surface area (Å²) in [5.41, 5.74) is 1.00. The van der Waals surface area contributed by atoms with E-state index < -0.39 is 10.6 Å². The molecule has 1 atom stereocenters. The van der Waals surface area contributed by atoms with Crippen LogP contribution in [-0.2, 0) is 0 Å². The van der Waals surface area contributed by atoms with Crippen molar-refractivity contribution in [1.82, 2.24) is 0 Å². The van der Waals surface area contributed by atoms with E-state index in [1.807, 2.05) is 0 Å². The smallest absolute Gasteiger partial charge is 0.129 e. The largest absolute Gasteiger partial charge is 0.207 e. The summed E-state index contributed by atoms with van der Waals surface area (Å²) in [7, 11) is 0. The van der Waals surface area contributed by atoms with Crippen molar-refractivity contribution in [1.29, 1.82) is 0 Å².